The van der Waals surface area contributed by atoms with Crippen molar-refractivity contribution in [2.24, 2.45) is 0 Å². The maximum Gasteiger partial charge on any atom is 0.249 e. The van der Waals surface area contributed by atoms with Crippen LogP contribution in [-0.4, -0.2) is 35.0 Å². The number of ether oxygens (including phenoxy) is 1. The molecule has 2 atom stereocenters. The molecule has 0 N–H and O–H groups in total. The van der Waals surface area contributed by atoms with Crippen LogP contribution in [0.15, 0.2) is 12.1 Å². The molecule has 1 fully saturated rings. The van der Waals surface area contributed by atoms with E-state index in [-0.39, 0.29) is 24.2 Å². The molecule has 1 aliphatic rings. The summed E-state index contributed by atoms with van der Waals surface area (Å²) in [7, 11) is 0. The number of carbonyl (C=O) groups excluding carboxylic acids is 1. The molecule has 0 aromatic carbocycles. The minimum atomic E-state index is -0.880. The van der Waals surface area contributed by atoms with Crippen molar-refractivity contribution in [3.63, 3.8) is 0 Å². The fourth-order valence-electron chi connectivity index (χ4n) is 2.00. The fraction of sp³-hybridized carbons (Fsp3) is 0.500. The molecule has 1 amide bonds. The van der Waals surface area contributed by atoms with E-state index in [1.807, 2.05) is 6.92 Å². The third-order valence-corrected chi connectivity index (χ3v) is 3.03. The molecule has 0 aliphatic carbocycles. The number of halogens is 2. The summed E-state index contributed by atoms with van der Waals surface area (Å²) in [6, 6.07) is 1.91. The summed E-state index contributed by atoms with van der Waals surface area (Å²) in [4.78, 5) is 16.4. The highest BCUT2D eigenvalue weighted by Crippen LogP contribution is 2.24. The molecule has 2 rings (SSSR count). The fourth-order valence-corrected chi connectivity index (χ4v) is 2.00. The number of rotatable bonds is 2. The number of hydrogen-bond donors (Lipinski definition) is 0. The van der Waals surface area contributed by atoms with Crippen molar-refractivity contribution in [3.8, 4) is 0 Å². The van der Waals surface area contributed by atoms with Gasteiger partial charge in [0.1, 0.15) is 6.61 Å². The van der Waals surface area contributed by atoms with E-state index >= 15 is 0 Å². The quantitative estimate of drug-likeness (QED) is 0.756. The summed E-state index contributed by atoms with van der Waals surface area (Å²) in [6.45, 7) is 3.90. The predicted octanol–water partition coefficient (Wildman–Crippen LogP) is 1.67. The first-order valence-electron chi connectivity index (χ1n) is 5.72. The molecular weight excluding hydrogens is 242 g/mol. The lowest BCUT2D eigenvalue weighted by Gasteiger charge is -2.35. The maximum absolute atomic E-state index is 13.6. The van der Waals surface area contributed by atoms with Crippen LogP contribution in [0.3, 0.4) is 0 Å². The van der Waals surface area contributed by atoms with Crippen LogP contribution >= 0.6 is 0 Å². The normalized spacial score (nSPS) is 22.1. The van der Waals surface area contributed by atoms with Crippen LogP contribution < -0.4 is 0 Å². The van der Waals surface area contributed by atoms with Gasteiger partial charge in [0.05, 0.1) is 12.1 Å². The molecule has 18 heavy (non-hydrogen) atoms. The molecule has 0 spiro atoms. The predicted molar refractivity (Wildman–Crippen MR) is 59.7 cm³/mol. The topological polar surface area (TPSA) is 42.4 Å². The van der Waals surface area contributed by atoms with Crippen molar-refractivity contribution >= 4 is 5.91 Å². The van der Waals surface area contributed by atoms with Gasteiger partial charge >= 0.3 is 0 Å². The van der Waals surface area contributed by atoms with E-state index in [0.717, 1.165) is 6.07 Å². The molecule has 1 saturated heterocycles. The van der Waals surface area contributed by atoms with Gasteiger partial charge < -0.3 is 9.64 Å². The third kappa shape index (κ3) is 2.48. The van der Waals surface area contributed by atoms with Crippen LogP contribution in [0.5, 0.6) is 0 Å². The second kappa shape index (κ2) is 4.97. The average Bonchev–Trinajstić information content (AvgIpc) is 2.31. The van der Waals surface area contributed by atoms with Gasteiger partial charge in [-0.3, -0.25) is 4.79 Å². The zero-order valence-corrected chi connectivity index (χ0v) is 10.2. The first-order valence-corrected chi connectivity index (χ1v) is 5.72. The Kier molecular flexibility index (Phi) is 3.56. The van der Waals surface area contributed by atoms with Crippen molar-refractivity contribution in [2.45, 2.75) is 26.0 Å². The van der Waals surface area contributed by atoms with E-state index < -0.39 is 17.9 Å². The van der Waals surface area contributed by atoms with Gasteiger partial charge in [0.15, 0.2) is 0 Å². The monoisotopic (exact) mass is 256 g/mol. The number of carbonyl (C=O) groups is 1. The van der Waals surface area contributed by atoms with E-state index in [1.165, 1.54) is 11.0 Å². The number of morpholine rings is 1. The van der Waals surface area contributed by atoms with Crippen LogP contribution in [0.1, 0.15) is 25.5 Å². The van der Waals surface area contributed by atoms with Crippen LogP contribution in [0, 0.1) is 11.9 Å². The zero-order valence-electron chi connectivity index (χ0n) is 10.2. The van der Waals surface area contributed by atoms with E-state index in [4.69, 9.17) is 4.74 Å². The Hall–Kier alpha value is -1.56. The number of aromatic nitrogens is 1. The molecule has 0 unspecified atom stereocenters. The molecule has 0 radical (unpaired) electrons. The molecule has 1 aliphatic heterocycles. The van der Waals surface area contributed by atoms with Crippen molar-refractivity contribution in [3.05, 3.63) is 29.6 Å². The number of hydrogen-bond acceptors (Lipinski definition) is 3. The summed E-state index contributed by atoms with van der Waals surface area (Å²) in [5.41, 5.74) is 0.207. The molecule has 0 saturated carbocycles. The molecule has 2 heterocycles. The van der Waals surface area contributed by atoms with Crippen molar-refractivity contribution in [2.75, 3.05) is 13.2 Å². The van der Waals surface area contributed by atoms with Crippen LogP contribution in [0.4, 0.5) is 8.78 Å². The Morgan fingerprint density at radius 1 is 1.50 bits per heavy atom. The lowest BCUT2D eigenvalue weighted by atomic mass is 10.1. The molecule has 98 valence electrons. The summed E-state index contributed by atoms with van der Waals surface area (Å²) in [5.74, 6) is -1.95. The van der Waals surface area contributed by atoms with Crippen molar-refractivity contribution in [1.29, 1.82) is 0 Å². The highest BCUT2D eigenvalue weighted by Gasteiger charge is 2.29. The van der Waals surface area contributed by atoms with Crippen LogP contribution in [0.25, 0.3) is 0 Å². The first-order chi connectivity index (χ1) is 8.49. The van der Waals surface area contributed by atoms with E-state index in [0.29, 0.717) is 6.54 Å². The van der Waals surface area contributed by atoms with Gasteiger partial charge in [-0.1, -0.05) is 0 Å². The Balaban J connectivity index is 2.24. The molecular formula is C12H14F2N2O2. The molecule has 4 nitrogen and oxygen atoms in total. The average molecular weight is 256 g/mol. The number of pyridine rings is 1. The Morgan fingerprint density at radius 2 is 2.22 bits per heavy atom. The second-order valence-electron chi connectivity index (χ2n) is 4.36. The zero-order chi connectivity index (χ0) is 13.3. The lowest BCUT2D eigenvalue weighted by molar-refractivity contribution is -0.151. The smallest absolute Gasteiger partial charge is 0.249 e. The minimum Gasteiger partial charge on any atom is -0.367 e. The number of nitrogens with zero attached hydrogens (tertiary/aromatic N) is 2. The van der Waals surface area contributed by atoms with E-state index in [9.17, 15) is 13.6 Å². The Bertz CT molecular complexity index is 467. The minimum absolute atomic E-state index is 0.0122. The van der Waals surface area contributed by atoms with Crippen LogP contribution in [-0.2, 0) is 9.53 Å². The van der Waals surface area contributed by atoms with Crippen molar-refractivity contribution < 1.29 is 18.3 Å². The Labute approximate surface area is 104 Å². The second-order valence-corrected chi connectivity index (χ2v) is 4.36. The lowest BCUT2D eigenvalue weighted by Crippen LogP contribution is -2.46. The van der Waals surface area contributed by atoms with Gasteiger partial charge in [0.25, 0.3) is 0 Å². The summed E-state index contributed by atoms with van der Waals surface area (Å²) in [6.07, 6.45) is -0.0957. The van der Waals surface area contributed by atoms with Gasteiger partial charge in [-0.15, -0.1) is 0 Å². The van der Waals surface area contributed by atoms with Gasteiger partial charge in [-0.25, -0.2) is 0 Å². The molecule has 6 heteroatoms. The summed E-state index contributed by atoms with van der Waals surface area (Å²) < 4.78 is 31.5. The Morgan fingerprint density at radius 3 is 2.89 bits per heavy atom. The highest BCUT2D eigenvalue weighted by atomic mass is 19.1. The highest BCUT2D eigenvalue weighted by molar-refractivity contribution is 5.78. The molecule has 0 bridgehead atoms. The standard InChI is InChI=1S/C12H14F2N2O2/c1-7-5-16(11(17)6-18-7)8(2)9-3-4-10(13)15-12(9)14/h3-4,7-8H,5-6H2,1-2H3/t7-,8-/m0/s1. The SMILES string of the molecule is C[C@H]1CN([C@@H](C)c2ccc(F)nc2F)C(=O)CO1. The van der Waals surface area contributed by atoms with E-state index in [2.05, 4.69) is 4.98 Å². The van der Waals surface area contributed by atoms with E-state index in [1.54, 1.807) is 6.92 Å². The molecule has 1 aromatic rings. The van der Waals surface area contributed by atoms with Gasteiger partial charge in [0, 0.05) is 12.1 Å². The third-order valence-electron chi connectivity index (χ3n) is 3.03. The first kappa shape index (κ1) is 12.9. The van der Waals surface area contributed by atoms with Crippen LogP contribution in [0.2, 0.25) is 0 Å². The number of amides is 1. The van der Waals surface area contributed by atoms with Crippen molar-refractivity contribution in [1.82, 2.24) is 9.88 Å². The summed E-state index contributed by atoms with van der Waals surface area (Å²) in [5, 5.41) is 0. The molecule has 1 aromatic heterocycles. The largest absolute Gasteiger partial charge is 0.367 e. The maximum atomic E-state index is 13.6. The van der Waals surface area contributed by atoms with Gasteiger partial charge in [-0.05, 0) is 26.0 Å². The van der Waals surface area contributed by atoms with Gasteiger partial charge in [0.2, 0.25) is 17.8 Å². The van der Waals surface area contributed by atoms with Gasteiger partial charge in [-0.2, -0.15) is 13.8 Å². The summed E-state index contributed by atoms with van der Waals surface area (Å²) >= 11 is 0.